The normalized spacial score (nSPS) is 10.9. The molecule has 0 bridgehead atoms. The summed E-state index contributed by atoms with van der Waals surface area (Å²) in [5, 5.41) is 4.43. The molecule has 0 atom stereocenters. The van der Waals surface area contributed by atoms with E-state index in [9.17, 15) is 22.8 Å². The summed E-state index contributed by atoms with van der Waals surface area (Å²) >= 11 is 0. The Morgan fingerprint density at radius 1 is 1.00 bits per heavy atom. The lowest BCUT2D eigenvalue weighted by atomic mass is 10.1. The number of halogens is 3. The summed E-state index contributed by atoms with van der Waals surface area (Å²) in [6.45, 7) is -0.358. The lowest BCUT2D eigenvalue weighted by molar-refractivity contribution is -0.173. The van der Waals surface area contributed by atoms with E-state index in [1.165, 1.54) is 13.2 Å². The van der Waals surface area contributed by atoms with Crippen molar-refractivity contribution in [1.29, 1.82) is 0 Å². The van der Waals surface area contributed by atoms with Gasteiger partial charge in [0, 0.05) is 17.8 Å². The fraction of sp³-hybridized carbons (Fsp3) is 0.222. The first-order valence-electron chi connectivity index (χ1n) is 7.66. The van der Waals surface area contributed by atoms with E-state index in [1.807, 2.05) is 0 Å². The third-order valence-corrected chi connectivity index (χ3v) is 3.53. The zero-order chi connectivity index (χ0) is 19.2. The molecule has 2 amide bonds. The van der Waals surface area contributed by atoms with E-state index < -0.39 is 12.1 Å². The van der Waals surface area contributed by atoms with Crippen LogP contribution in [0.15, 0.2) is 48.5 Å². The molecule has 0 spiro atoms. The Morgan fingerprint density at radius 3 is 2.27 bits per heavy atom. The molecule has 2 rings (SSSR count). The van der Waals surface area contributed by atoms with Gasteiger partial charge in [-0.25, -0.2) is 0 Å². The number of alkyl halides is 3. The van der Waals surface area contributed by atoms with Crippen LogP contribution in [0, 0.1) is 0 Å². The van der Waals surface area contributed by atoms with Crippen molar-refractivity contribution in [2.75, 3.05) is 12.4 Å². The molecule has 0 saturated heterocycles. The van der Waals surface area contributed by atoms with Crippen LogP contribution in [-0.4, -0.2) is 25.1 Å². The number of benzene rings is 2. The highest BCUT2D eigenvalue weighted by molar-refractivity contribution is 5.93. The molecule has 2 aromatic carbocycles. The van der Waals surface area contributed by atoms with Gasteiger partial charge in [-0.15, -0.1) is 0 Å². The van der Waals surface area contributed by atoms with Gasteiger partial charge < -0.3 is 15.4 Å². The molecule has 0 heterocycles. The molecule has 0 radical (unpaired) electrons. The zero-order valence-corrected chi connectivity index (χ0v) is 13.9. The Balaban J connectivity index is 2.05. The second-order valence-electron chi connectivity index (χ2n) is 5.37. The lowest BCUT2D eigenvalue weighted by Gasteiger charge is -2.13. The average molecular weight is 366 g/mol. The number of carbonyl (C=O) groups is 2. The highest BCUT2D eigenvalue weighted by atomic mass is 19.4. The van der Waals surface area contributed by atoms with E-state index in [4.69, 9.17) is 4.74 Å². The quantitative estimate of drug-likeness (QED) is 0.826. The van der Waals surface area contributed by atoms with Crippen molar-refractivity contribution in [3.8, 4) is 5.75 Å². The minimum absolute atomic E-state index is 0.0350. The minimum atomic E-state index is -4.96. The smallest absolute Gasteiger partial charge is 0.471 e. The predicted molar refractivity (Wildman–Crippen MR) is 89.7 cm³/mol. The van der Waals surface area contributed by atoms with Crippen molar-refractivity contribution in [3.05, 3.63) is 59.7 Å². The van der Waals surface area contributed by atoms with Crippen LogP contribution < -0.4 is 15.4 Å². The third kappa shape index (κ3) is 5.23. The monoisotopic (exact) mass is 366 g/mol. The number of methoxy groups -OCH3 is 1. The van der Waals surface area contributed by atoms with Gasteiger partial charge in [0.05, 0.1) is 13.5 Å². The van der Waals surface area contributed by atoms with E-state index in [0.717, 1.165) is 0 Å². The number of carbonyl (C=O) groups excluding carboxylic acids is 2. The van der Waals surface area contributed by atoms with Gasteiger partial charge in [-0.1, -0.05) is 36.4 Å². The van der Waals surface area contributed by atoms with Gasteiger partial charge >= 0.3 is 12.1 Å². The maximum atomic E-state index is 12.3. The fourth-order valence-corrected chi connectivity index (χ4v) is 2.29. The molecule has 0 aliphatic carbocycles. The number of para-hydroxylation sites is 2. The first kappa shape index (κ1) is 19.3. The Hall–Kier alpha value is -3.03. The minimum Gasteiger partial charge on any atom is -0.496 e. The zero-order valence-electron chi connectivity index (χ0n) is 13.9. The number of hydrogen-bond acceptors (Lipinski definition) is 3. The standard InChI is InChI=1S/C18H17F3N2O3/c1-26-15-9-5-3-6-12(15)10-16(24)23-14-8-4-2-7-13(14)11-22-17(25)18(19,20)21/h2-9H,10-11H2,1H3,(H,22,25)(H,23,24). The lowest BCUT2D eigenvalue weighted by Crippen LogP contribution is -2.36. The number of hydrogen-bond donors (Lipinski definition) is 2. The first-order valence-corrected chi connectivity index (χ1v) is 7.66. The van der Waals surface area contributed by atoms with Gasteiger partial charge in [0.15, 0.2) is 0 Å². The molecule has 138 valence electrons. The number of nitrogens with one attached hydrogen (secondary N) is 2. The fourth-order valence-electron chi connectivity index (χ4n) is 2.29. The summed E-state index contributed by atoms with van der Waals surface area (Å²) < 4.78 is 42.0. The highest BCUT2D eigenvalue weighted by Gasteiger charge is 2.38. The molecule has 2 N–H and O–H groups in total. The maximum absolute atomic E-state index is 12.3. The molecule has 26 heavy (non-hydrogen) atoms. The molecule has 2 aromatic rings. The topological polar surface area (TPSA) is 67.4 Å². The van der Waals surface area contributed by atoms with Crippen molar-refractivity contribution in [3.63, 3.8) is 0 Å². The Bertz CT molecular complexity index is 791. The summed E-state index contributed by atoms with van der Waals surface area (Å²) in [5.41, 5.74) is 1.36. The van der Waals surface area contributed by atoms with Crippen LogP contribution in [0.1, 0.15) is 11.1 Å². The summed E-state index contributed by atoms with van der Waals surface area (Å²) in [6, 6.07) is 13.3. The van der Waals surface area contributed by atoms with Crippen LogP contribution in [0.2, 0.25) is 0 Å². The van der Waals surface area contributed by atoms with Gasteiger partial charge in [-0.05, 0) is 17.7 Å². The first-order chi connectivity index (χ1) is 12.3. The Morgan fingerprint density at radius 2 is 1.62 bits per heavy atom. The van der Waals surface area contributed by atoms with Gasteiger partial charge in [0.25, 0.3) is 0 Å². The van der Waals surface area contributed by atoms with E-state index in [2.05, 4.69) is 5.32 Å². The third-order valence-electron chi connectivity index (χ3n) is 3.53. The molecule has 0 aromatic heterocycles. The van der Waals surface area contributed by atoms with E-state index >= 15 is 0 Å². The van der Waals surface area contributed by atoms with E-state index in [0.29, 0.717) is 22.6 Å². The van der Waals surface area contributed by atoms with Crippen LogP contribution in [-0.2, 0) is 22.6 Å². The van der Waals surface area contributed by atoms with Crippen LogP contribution in [0.5, 0.6) is 5.75 Å². The summed E-state index contributed by atoms with van der Waals surface area (Å²) in [6.07, 6.45) is -4.92. The van der Waals surface area contributed by atoms with Crippen LogP contribution in [0.4, 0.5) is 18.9 Å². The van der Waals surface area contributed by atoms with Crippen LogP contribution >= 0.6 is 0 Å². The van der Waals surface area contributed by atoms with E-state index in [1.54, 1.807) is 47.8 Å². The average Bonchev–Trinajstić information content (AvgIpc) is 2.60. The second kappa shape index (κ2) is 8.37. The van der Waals surface area contributed by atoms with Crippen molar-refractivity contribution in [2.45, 2.75) is 19.1 Å². The molecule has 0 fully saturated rings. The number of ether oxygens (including phenoxy) is 1. The number of amides is 2. The number of anilines is 1. The van der Waals surface area contributed by atoms with E-state index in [-0.39, 0.29) is 18.9 Å². The molecular formula is C18H17F3N2O3. The summed E-state index contributed by atoms with van der Waals surface area (Å²) in [4.78, 5) is 23.2. The van der Waals surface area contributed by atoms with Gasteiger partial charge in [0.1, 0.15) is 5.75 Å². The van der Waals surface area contributed by atoms with Crippen molar-refractivity contribution < 1.29 is 27.5 Å². The molecule has 0 aliphatic rings. The summed E-state index contributed by atoms with van der Waals surface area (Å²) in [5.74, 6) is -1.83. The van der Waals surface area contributed by atoms with Crippen molar-refractivity contribution in [2.24, 2.45) is 0 Å². The van der Waals surface area contributed by atoms with Crippen molar-refractivity contribution >= 4 is 17.5 Å². The van der Waals surface area contributed by atoms with Gasteiger partial charge in [0.2, 0.25) is 5.91 Å². The van der Waals surface area contributed by atoms with Crippen molar-refractivity contribution in [1.82, 2.24) is 5.32 Å². The molecular weight excluding hydrogens is 349 g/mol. The van der Waals surface area contributed by atoms with Gasteiger partial charge in [-0.2, -0.15) is 13.2 Å². The van der Waals surface area contributed by atoms with Gasteiger partial charge in [-0.3, -0.25) is 9.59 Å². The second-order valence-corrected chi connectivity index (χ2v) is 5.37. The van der Waals surface area contributed by atoms with Crippen LogP contribution in [0.25, 0.3) is 0 Å². The molecule has 0 saturated carbocycles. The molecule has 0 unspecified atom stereocenters. The highest BCUT2D eigenvalue weighted by Crippen LogP contribution is 2.20. The molecule has 8 heteroatoms. The number of rotatable bonds is 6. The Labute approximate surface area is 148 Å². The SMILES string of the molecule is COc1ccccc1CC(=O)Nc1ccccc1CNC(=O)C(F)(F)F. The Kier molecular flexibility index (Phi) is 6.21. The van der Waals surface area contributed by atoms with Crippen LogP contribution in [0.3, 0.4) is 0 Å². The predicted octanol–water partition coefficient (Wildman–Crippen LogP) is 3.05. The molecule has 0 aliphatic heterocycles. The maximum Gasteiger partial charge on any atom is 0.471 e. The largest absolute Gasteiger partial charge is 0.496 e. The summed E-state index contributed by atoms with van der Waals surface area (Å²) in [7, 11) is 1.50. The molecule has 5 nitrogen and oxygen atoms in total.